The number of pyridine rings is 2. The lowest BCUT2D eigenvalue weighted by Gasteiger charge is -2.35. The number of unbranched alkanes of at least 4 members (excludes halogenated alkanes) is 1. The number of nitrogens with one attached hydrogen (secondary N) is 1. The molecule has 10 heteroatoms. The van der Waals surface area contributed by atoms with Gasteiger partial charge in [0.15, 0.2) is 0 Å². The molecule has 0 unspecified atom stereocenters. The van der Waals surface area contributed by atoms with Crippen molar-refractivity contribution < 1.29 is 15.0 Å². The van der Waals surface area contributed by atoms with Gasteiger partial charge in [-0.05, 0) is 24.6 Å². The highest BCUT2D eigenvalue weighted by Gasteiger charge is 2.18. The van der Waals surface area contributed by atoms with Crippen molar-refractivity contribution in [1.82, 2.24) is 20.2 Å². The molecular formula is C25H35Cl2N5O3. The molecule has 0 saturated carbocycles. The second-order valence-corrected chi connectivity index (χ2v) is 8.00. The third-order valence-electron chi connectivity index (χ3n) is 5.74. The number of rotatable bonds is 9. The normalized spacial score (nSPS) is 13.2. The van der Waals surface area contributed by atoms with Crippen molar-refractivity contribution in [3.63, 3.8) is 0 Å². The molecule has 0 radical (unpaired) electrons. The molecule has 0 atom stereocenters. The Morgan fingerprint density at radius 2 is 1.80 bits per heavy atom. The van der Waals surface area contributed by atoms with E-state index in [0.29, 0.717) is 24.6 Å². The van der Waals surface area contributed by atoms with E-state index < -0.39 is 0 Å². The Morgan fingerprint density at radius 1 is 1.06 bits per heavy atom. The lowest BCUT2D eigenvalue weighted by atomic mass is 10.1. The molecule has 1 fully saturated rings. The van der Waals surface area contributed by atoms with Crippen molar-refractivity contribution in [2.75, 3.05) is 50.8 Å². The number of anilines is 1. The summed E-state index contributed by atoms with van der Waals surface area (Å²) in [5.74, 6) is 1.45. The van der Waals surface area contributed by atoms with E-state index in [1.165, 1.54) is 0 Å². The maximum atomic E-state index is 13.0. The van der Waals surface area contributed by atoms with Crippen molar-refractivity contribution in [3.05, 3.63) is 60.3 Å². The summed E-state index contributed by atoms with van der Waals surface area (Å²) in [7, 11) is 0. The summed E-state index contributed by atoms with van der Waals surface area (Å²) in [5.41, 5.74) is 1.39. The van der Waals surface area contributed by atoms with E-state index in [2.05, 4.69) is 38.1 Å². The zero-order chi connectivity index (χ0) is 22.2. The number of amides is 1. The van der Waals surface area contributed by atoms with E-state index in [9.17, 15) is 4.79 Å². The number of carbonyl (C=O) groups is 1. The van der Waals surface area contributed by atoms with Gasteiger partial charge in [-0.15, -0.1) is 24.8 Å². The average molecular weight is 524 g/mol. The topological polar surface area (TPSA) is 102 Å². The Kier molecular flexibility index (Phi) is 13.3. The van der Waals surface area contributed by atoms with Crippen LogP contribution in [0, 0.1) is 0 Å². The second-order valence-electron chi connectivity index (χ2n) is 8.00. The van der Waals surface area contributed by atoms with Gasteiger partial charge < -0.3 is 20.4 Å². The average Bonchev–Trinajstić information content (AvgIpc) is 2.84. The summed E-state index contributed by atoms with van der Waals surface area (Å²) >= 11 is 0. The van der Waals surface area contributed by atoms with Crippen LogP contribution in [-0.2, 0) is 0 Å². The fourth-order valence-electron chi connectivity index (χ4n) is 3.90. The fraction of sp³-hybridized carbons (Fsp3) is 0.400. The van der Waals surface area contributed by atoms with Gasteiger partial charge in [-0.3, -0.25) is 9.69 Å². The first kappa shape index (κ1) is 30.4. The number of piperazine rings is 1. The molecule has 35 heavy (non-hydrogen) atoms. The smallest absolute Gasteiger partial charge is 0.252 e. The first-order valence-electron chi connectivity index (χ1n) is 11.4. The minimum Gasteiger partial charge on any atom is -0.478 e. The highest BCUT2D eigenvalue weighted by molar-refractivity contribution is 6.06. The minimum absolute atomic E-state index is 0. The van der Waals surface area contributed by atoms with Crippen molar-refractivity contribution in [3.8, 4) is 5.88 Å². The number of para-hydroxylation sites is 1. The summed E-state index contributed by atoms with van der Waals surface area (Å²) < 4.78 is 5.78. The van der Waals surface area contributed by atoms with Crippen molar-refractivity contribution in [2.24, 2.45) is 0 Å². The molecule has 2 aromatic heterocycles. The molecule has 3 heterocycles. The Labute approximate surface area is 219 Å². The predicted molar refractivity (Wildman–Crippen MR) is 145 cm³/mol. The highest BCUT2D eigenvalue weighted by Crippen LogP contribution is 2.22. The molecule has 0 spiro atoms. The number of carbonyl (C=O) groups excluding carboxylic acids is 1. The molecule has 192 valence electrons. The number of benzene rings is 1. The molecule has 1 amide bonds. The molecule has 3 N–H and O–H groups in total. The van der Waals surface area contributed by atoms with Crippen LogP contribution in [0.25, 0.3) is 10.9 Å². The second kappa shape index (κ2) is 15.4. The Balaban J connectivity index is 0.00000204. The van der Waals surface area contributed by atoms with Crippen LogP contribution in [-0.4, -0.2) is 72.1 Å². The first-order valence-corrected chi connectivity index (χ1v) is 11.4. The van der Waals surface area contributed by atoms with Gasteiger partial charge >= 0.3 is 0 Å². The zero-order valence-electron chi connectivity index (χ0n) is 20.0. The largest absolute Gasteiger partial charge is 0.478 e. The van der Waals surface area contributed by atoms with Crippen LogP contribution in [0.3, 0.4) is 0 Å². The number of fused-ring (bicyclic) bond motifs is 1. The first-order chi connectivity index (χ1) is 15.7. The van der Waals surface area contributed by atoms with Crippen LogP contribution in [0.15, 0.2) is 54.7 Å². The SMILES string of the molecule is CCCCOc1cc(C(=O)NCCN2CCN(c3ccccn3)CC2)c2ccccc2n1.Cl.Cl.O. The van der Waals surface area contributed by atoms with Gasteiger partial charge in [0.05, 0.1) is 17.7 Å². The van der Waals surface area contributed by atoms with E-state index in [-0.39, 0.29) is 36.2 Å². The predicted octanol–water partition coefficient (Wildman–Crippen LogP) is 3.38. The number of aromatic nitrogens is 2. The Morgan fingerprint density at radius 3 is 2.51 bits per heavy atom. The van der Waals surface area contributed by atoms with Crippen LogP contribution in [0.5, 0.6) is 5.88 Å². The molecule has 0 aliphatic carbocycles. The minimum atomic E-state index is -0.0870. The van der Waals surface area contributed by atoms with Gasteiger partial charge in [-0.25, -0.2) is 9.97 Å². The third kappa shape index (κ3) is 8.21. The Bertz CT molecular complexity index is 1030. The maximum Gasteiger partial charge on any atom is 0.252 e. The fourth-order valence-corrected chi connectivity index (χ4v) is 3.90. The number of halogens is 2. The van der Waals surface area contributed by atoms with Crippen molar-refractivity contribution in [1.29, 1.82) is 0 Å². The van der Waals surface area contributed by atoms with Crippen LogP contribution < -0.4 is 15.0 Å². The van der Waals surface area contributed by atoms with Gasteiger partial charge in [0.1, 0.15) is 5.82 Å². The van der Waals surface area contributed by atoms with Crippen molar-refractivity contribution in [2.45, 2.75) is 19.8 Å². The number of ether oxygens (including phenoxy) is 1. The van der Waals surface area contributed by atoms with Crippen LogP contribution in [0.1, 0.15) is 30.1 Å². The molecule has 1 aromatic carbocycles. The molecule has 4 rings (SSSR count). The Hall–Kier alpha value is -2.65. The lowest BCUT2D eigenvalue weighted by molar-refractivity contribution is 0.0949. The number of hydrogen-bond acceptors (Lipinski definition) is 6. The van der Waals surface area contributed by atoms with E-state index >= 15 is 0 Å². The highest BCUT2D eigenvalue weighted by atomic mass is 35.5. The number of nitrogens with zero attached hydrogens (tertiary/aromatic N) is 4. The lowest BCUT2D eigenvalue weighted by Crippen LogP contribution is -2.48. The quantitative estimate of drug-likeness (QED) is 0.431. The molecule has 8 nitrogen and oxygen atoms in total. The maximum absolute atomic E-state index is 13.0. The van der Waals surface area contributed by atoms with Crippen LogP contribution in [0.4, 0.5) is 5.82 Å². The summed E-state index contributed by atoms with van der Waals surface area (Å²) in [6, 6.07) is 15.5. The number of hydrogen-bond donors (Lipinski definition) is 1. The molecular weight excluding hydrogens is 489 g/mol. The summed E-state index contributed by atoms with van der Waals surface area (Å²) in [6.45, 7) is 7.95. The van der Waals surface area contributed by atoms with Crippen molar-refractivity contribution >= 4 is 47.4 Å². The van der Waals surface area contributed by atoms with Gasteiger partial charge in [0.25, 0.3) is 5.91 Å². The van der Waals surface area contributed by atoms with Gasteiger partial charge in [0.2, 0.25) is 5.88 Å². The zero-order valence-corrected chi connectivity index (χ0v) is 21.6. The molecule has 1 aliphatic heterocycles. The molecule has 1 aliphatic rings. The van der Waals surface area contributed by atoms with Gasteiger partial charge in [0, 0.05) is 56.9 Å². The third-order valence-corrected chi connectivity index (χ3v) is 5.74. The molecule has 1 saturated heterocycles. The molecule has 3 aromatic rings. The van der Waals surface area contributed by atoms with E-state index in [4.69, 9.17) is 4.74 Å². The van der Waals surface area contributed by atoms with E-state index in [0.717, 1.165) is 62.3 Å². The molecule has 0 bridgehead atoms. The van der Waals surface area contributed by atoms with Gasteiger partial charge in [-0.2, -0.15) is 0 Å². The van der Waals surface area contributed by atoms with E-state index in [1.54, 1.807) is 6.07 Å². The van der Waals surface area contributed by atoms with Crippen LogP contribution >= 0.6 is 24.8 Å². The summed E-state index contributed by atoms with van der Waals surface area (Å²) in [5, 5.41) is 3.93. The standard InChI is InChI=1S/C25H31N5O2.2ClH.H2O/c1-2-3-18-32-24-19-21(20-8-4-5-9-22(20)28-24)25(31)27-12-13-29-14-16-30(17-15-29)23-10-6-7-11-26-23;;;/h4-11,19H,2-3,12-18H2,1H3,(H,27,31);2*1H;1H2. The summed E-state index contributed by atoms with van der Waals surface area (Å²) in [6.07, 6.45) is 3.85. The van der Waals surface area contributed by atoms with Crippen LogP contribution in [0.2, 0.25) is 0 Å². The summed E-state index contributed by atoms with van der Waals surface area (Å²) in [4.78, 5) is 26.7. The monoisotopic (exact) mass is 523 g/mol. The van der Waals surface area contributed by atoms with Gasteiger partial charge in [-0.1, -0.05) is 37.6 Å². The van der Waals surface area contributed by atoms with E-state index in [1.807, 2.05) is 42.6 Å².